The van der Waals surface area contributed by atoms with Gasteiger partial charge in [-0.05, 0) is 37.8 Å². The van der Waals surface area contributed by atoms with Crippen LogP contribution in [-0.2, 0) is 9.53 Å². The molecular formula is C18H21NO3. The van der Waals surface area contributed by atoms with E-state index >= 15 is 0 Å². The third-order valence-corrected chi connectivity index (χ3v) is 4.35. The molecule has 1 unspecified atom stereocenters. The predicted molar refractivity (Wildman–Crippen MR) is 84.8 cm³/mol. The second-order valence-corrected chi connectivity index (χ2v) is 5.88. The first-order valence-corrected chi connectivity index (χ1v) is 7.91. The summed E-state index contributed by atoms with van der Waals surface area (Å²) in [6.07, 6.45) is 7.27. The third-order valence-electron chi connectivity index (χ3n) is 4.35. The van der Waals surface area contributed by atoms with E-state index in [0.717, 1.165) is 12.8 Å². The minimum Gasteiger partial charge on any atom is -0.346 e. The van der Waals surface area contributed by atoms with E-state index in [0.29, 0.717) is 17.9 Å². The largest absolute Gasteiger partial charge is 0.346 e. The minimum atomic E-state index is -0.824. The van der Waals surface area contributed by atoms with Crippen LogP contribution in [-0.4, -0.2) is 24.5 Å². The van der Waals surface area contributed by atoms with Gasteiger partial charge in [0, 0.05) is 12.5 Å². The summed E-state index contributed by atoms with van der Waals surface area (Å²) in [6, 6.07) is 7.17. The second-order valence-electron chi connectivity index (χ2n) is 5.88. The molecule has 0 radical (unpaired) electrons. The lowest BCUT2D eigenvalue weighted by Crippen LogP contribution is -2.40. The number of fused-ring (bicyclic) bond motifs is 1. The van der Waals surface area contributed by atoms with Crippen LogP contribution in [0.15, 0.2) is 35.9 Å². The van der Waals surface area contributed by atoms with Crippen molar-refractivity contribution in [2.75, 3.05) is 11.5 Å². The molecule has 1 amide bonds. The van der Waals surface area contributed by atoms with E-state index in [1.807, 2.05) is 6.07 Å². The highest BCUT2D eigenvalue weighted by Gasteiger charge is 2.39. The van der Waals surface area contributed by atoms with E-state index in [1.165, 1.54) is 36.7 Å². The average molecular weight is 299 g/mol. The molecule has 0 aromatic heterocycles. The number of rotatable bonds is 3. The molecule has 0 spiro atoms. The van der Waals surface area contributed by atoms with E-state index in [4.69, 9.17) is 4.74 Å². The van der Waals surface area contributed by atoms with Gasteiger partial charge in [0.1, 0.15) is 0 Å². The van der Waals surface area contributed by atoms with E-state index < -0.39 is 6.23 Å². The number of ketones is 1. The molecule has 1 atom stereocenters. The lowest BCUT2D eigenvalue weighted by atomic mass is 9.95. The Morgan fingerprint density at radius 1 is 1.27 bits per heavy atom. The van der Waals surface area contributed by atoms with Crippen molar-refractivity contribution in [1.82, 2.24) is 0 Å². The number of Topliss-reactive ketones (excluding diaryl/α,β-unsaturated/α-hetero) is 1. The number of para-hydroxylation sites is 1. The van der Waals surface area contributed by atoms with Crippen molar-refractivity contribution in [2.45, 2.75) is 45.3 Å². The molecule has 1 aliphatic heterocycles. The smallest absolute Gasteiger partial charge is 0.226 e. The fourth-order valence-corrected chi connectivity index (χ4v) is 3.22. The number of ether oxygens (including phenoxy) is 1. The molecule has 1 saturated carbocycles. The summed E-state index contributed by atoms with van der Waals surface area (Å²) < 4.78 is 5.75. The van der Waals surface area contributed by atoms with Gasteiger partial charge in [0.2, 0.25) is 17.9 Å². The number of hydrogen-bond acceptors (Lipinski definition) is 3. The van der Waals surface area contributed by atoms with Crippen molar-refractivity contribution in [1.29, 1.82) is 0 Å². The molecular weight excluding hydrogens is 278 g/mol. The van der Waals surface area contributed by atoms with Gasteiger partial charge in [-0.2, -0.15) is 0 Å². The number of allylic oxidation sites excluding steroid dienone is 1. The molecule has 3 rings (SSSR count). The van der Waals surface area contributed by atoms with E-state index in [9.17, 15) is 9.59 Å². The molecule has 2 aliphatic rings. The van der Waals surface area contributed by atoms with Crippen LogP contribution in [0.3, 0.4) is 0 Å². The fraction of sp³-hybridized carbons (Fsp3) is 0.444. The SMILES string of the molecule is CC(=O)N1c2ccccc2C(=O)C1OCC=C1CCCCC1. The van der Waals surface area contributed by atoms with Gasteiger partial charge >= 0.3 is 0 Å². The Morgan fingerprint density at radius 3 is 2.73 bits per heavy atom. The number of hydrogen-bond donors (Lipinski definition) is 0. The Morgan fingerprint density at radius 2 is 2.00 bits per heavy atom. The molecule has 0 saturated heterocycles. The molecule has 1 heterocycles. The Balaban J connectivity index is 1.73. The van der Waals surface area contributed by atoms with Crippen LogP contribution in [0.1, 0.15) is 49.4 Å². The average Bonchev–Trinajstić information content (AvgIpc) is 2.82. The number of amides is 1. The minimum absolute atomic E-state index is 0.132. The molecule has 0 bridgehead atoms. The van der Waals surface area contributed by atoms with Crippen LogP contribution >= 0.6 is 0 Å². The van der Waals surface area contributed by atoms with E-state index in [2.05, 4.69) is 6.08 Å². The van der Waals surface area contributed by atoms with Crippen molar-refractivity contribution in [3.05, 3.63) is 41.5 Å². The van der Waals surface area contributed by atoms with Crippen molar-refractivity contribution in [2.24, 2.45) is 0 Å². The summed E-state index contributed by atoms with van der Waals surface area (Å²) in [5.41, 5.74) is 2.62. The monoisotopic (exact) mass is 299 g/mol. The fourth-order valence-electron chi connectivity index (χ4n) is 3.22. The Labute approximate surface area is 130 Å². The first-order chi connectivity index (χ1) is 10.7. The summed E-state index contributed by atoms with van der Waals surface area (Å²) in [5.74, 6) is -0.304. The second kappa shape index (κ2) is 6.44. The maximum absolute atomic E-state index is 12.5. The molecule has 22 heavy (non-hydrogen) atoms. The van der Waals surface area contributed by atoms with Gasteiger partial charge in [0.05, 0.1) is 12.3 Å². The van der Waals surface area contributed by atoms with Gasteiger partial charge in [-0.1, -0.05) is 30.2 Å². The van der Waals surface area contributed by atoms with Crippen LogP contribution in [0.5, 0.6) is 0 Å². The van der Waals surface area contributed by atoms with Gasteiger partial charge in [-0.25, -0.2) is 0 Å². The van der Waals surface area contributed by atoms with Crippen molar-refractivity contribution < 1.29 is 14.3 Å². The van der Waals surface area contributed by atoms with Crippen LogP contribution in [0.25, 0.3) is 0 Å². The zero-order valence-corrected chi connectivity index (χ0v) is 12.9. The molecule has 1 aromatic rings. The number of anilines is 1. The van der Waals surface area contributed by atoms with Gasteiger partial charge in [0.15, 0.2) is 0 Å². The van der Waals surface area contributed by atoms with Crippen molar-refractivity contribution >= 4 is 17.4 Å². The van der Waals surface area contributed by atoms with E-state index in [1.54, 1.807) is 18.2 Å². The summed E-state index contributed by atoms with van der Waals surface area (Å²) in [7, 11) is 0. The molecule has 1 fully saturated rings. The highest BCUT2D eigenvalue weighted by molar-refractivity contribution is 6.16. The van der Waals surface area contributed by atoms with Crippen LogP contribution in [0, 0.1) is 0 Å². The number of carbonyl (C=O) groups is 2. The molecule has 1 aliphatic carbocycles. The first kappa shape index (κ1) is 15.0. The zero-order chi connectivity index (χ0) is 15.5. The lowest BCUT2D eigenvalue weighted by Gasteiger charge is -2.22. The quantitative estimate of drug-likeness (QED) is 0.803. The normalized spacial score (nSPS) is 21.0. The van der Waals surface area contributed by atoms with Crippen LogP contribution in [0.4, 0.5) is 5.69 Å². The summed E-state index contributed by atoms with van der Waals surface area (Å²) in [6.45, 7) is 1.84. The van der Waals surface area contributed by atoms with Crippen LogP contribution < -0.4 is 4.90 Å². The van der Waals surface area contributed by atoms with Gasteiger partial charge in [-0.15, -0.1) is 0 Å². The zero-order valence-electron chi connectivity index (χ0n) is 12.9. The van der Waals surface area contributed by atoms with Gasteiger partial charge < -0.3 is 4.74 Å². The van der Waals surface area contributed by atoms with Crippen molar-refractivity contribution in [3.8, 4) is 0 Å². The Hall–Kier alpha value is -1.94. The molecule has 0 N–H and O–H groups in total. The molecule has 4 nitrogen and oxygen atoms in total. The molecule has 1 aromatic carbocycles. The number of benzene rings is 1. The summed E-state index contributed by atoms with van der Waals surface area (Å²) >= 11 is 0. The van der Waals surface area contributed by atoms with E-state index in [-0.39, 0.29) is 11.7 Å². The third kappa shape index (κ3) is 2.83. The maximum Gasteiger partial charge on any atom is 0.226 e. The van der Waals surface area contributed by atoms with Gasteiger partial charge in [0.25, 0.3) is 0 Å². The lowest BCUT2D eigenvalue weighted by molar-refractivity contribution is -0.118. The summed E-state index contributed by atoms with van der Waals surface area (Å²) in [5, 5.41) is 0. The Kier molecular flexibility index (Phi) is 4.39. The standard InChI is InChI=1S/C18H21NO3/c1-13(20)19-16-10-6-5-9-15(16)17(21)18(19)22-12-11-14-7-3-2-4-8-14/h5-6,9-11,18H,2-4,7-8,12H2,1H3. The predicted octanol–water partition coefficient (Wildman–Crippen LogP) is 3.47. The topological polar surface area (TPSA) is 46.6 Å². The molecule has 4 heteroatoms. The maximum atomic E-state index is 12.5. The van der Waals surface area contributed by atoms with Crippen LogP contribution in [0.2, 0.25) is 0 Å². The highest BCUT2D eigenvalue weighted by atomic mass is 16.5. The summed E-state index contributed by atoms with van der Waals surface area (Å²) in [4.78, 5) is 25.8. The highest BCUT2D eigenvalue weighted by Crippen LogP contribution is 2.32. The first-order valence-electron chi connectivity index (χ1n) is 7.91. The van der Waals surface area contributed by atoms with Crippen molar-refractivity contribution in [3.63, 3.8) is 0 Å². The van der Waals surface area contributed by atoms with Gasteiger partial charge in [-0.3, -0.25) is 14.5 Å². The number of nitrogens with zero attached hydrogens (tertiary/aromatic N) is 1. The number of carbonyl (C=O) groups excluding carboxylic acids is 2. The molecule has 116 valence electrons. The Bertz CT molecular complexity index is 613.